The summed E-state index contributed by atoms with van der Waals surface area (Å²) in [5.41, 5.74) is 3.89. The molecule has 0 atom stereocenters. The number of rotatable bonds is 4. The third-order valence-corrected chi connectivity index (χ3v) is 5.99. The van der Waals surface area contributed by atoms with Crippen LogP contribution in [0.1, 0.15) is 32.1 Å². The third kappa shape index (κ3) is 4.08. The molecule has 0 unspecified atom stereocenters. The Balaban J connectivity index is 1.86. The predicted octanol–water partition coefficient (Wildman–Crippen LogP) is 5.18. The van der Waals surface area contributed by atoms with Crippen molar-refractivity contribution in [3.8, 4) is 0 Å². The largest absolute Gasteiger partial charge is 0.298 e. The fourth-order valence-corrected chi connectivity index (χ4v) is 4.11. The zero-order valence-electron chi connectivity index (χ0n) is 14.6. The van der Waals surface area contributed by atoms with Crippen molar-refractivity contribution in [1.29, 1.82) is 0 Å². The molecule has 0 spiro atoms. The highest BCUT2D eigenvalue weighted by molar-refractivity contribution is 7.99. The number of benzene rings is 1. The highest BCUT2D eigenvalue weighted by Gasteiger charge is 2.16. The van der Waals surface area contributed by atoms with Crippen LogP contribution in [0.25, 0.3) is 0 Å². The fourth-order valence-electron chi connectivity index (χ4n) is 2.35. The average Bonchev–Trinajstić information content (AvgIpc) is 2.88. The Morgan fingerprint density at radius 3 is 2.64 bits per heavy atom. The van der Waals surface area contributed by atoms with Gasteiger partial charge in [-0.25, -0.2) is 9.97 Å². The van der Waals surface area contributed by atoms with Crippen molar-refractivity contribution < 1.29 is 4.79 Å². The van der Waals surface area contributed by atoms with Gasteiger partial charge in [0.05, 0.1) is 11.3 Å². The van der Waals surface area contributed by atoms with E-state index in [9.17, 15) is 4.79 Å². The Morgan fingerprint density at radius 2 is 1.96 bits per heavy atom. The quantitative estimate of drug-likeness (QED) is 0.689. The van der Waals surface area contributed by atoms with Crippen molar-refractivity contribution in [3.05, 3.63) is 63.8 Å². The maximum absolute atomic E-state index is 12.7. The fraction of sp³-hybridized carbons (Fsp3) is 0.211. The summed E-state index contributed by atoms with van der Waals surface area (Å²) in [7, 11) is 0. The van der Waals surface area contributed by atoms with Gasteiger partial charge in [0.25, 0.3) is 5.91 Å². The van der Waals surface area contributed by atoms with Gasteiger partial charge >= 0.3 is 0 Å². The minimum atomic E-state index is -0.186. The van der Waals surface area contributed by atoms with E-state index in [4.69, 9.17) is 0 Å². The molecule has 3 rings (SSSR count). The van der Waals surface area contributed by atoms with E-state index < -0.39 is 0 Å². The monoisotopic (exact) mass is 369 g/mol. The first-order valence-corrected chi connectivity index (χ1v) is 9.53. The summed E-state index contributed by atoms with van der Waals surface area (Å²) in [6.45, 7) is 8.07. The number of nitrogens with zero attached hydrogens (tertiary/aromatic N) is 2. The molecule has 0 fully saturated rings. The number of carbonyl (C=O) groups excluding carboxylic acids is 1. The number of thiazole rings is 1. The van der Waals surface area contributed by atoms with E-state index in [1.165, 1.54) is 34.2 Å². The van der Waals surface area contributed by atoms with Crippen molar-refractivity contribution in [3.63, 3.8) is 0 Å². The predicted molar refractivity (Wildman–Crippen MR) is 104 cm³/mol. The van der Waals surface area contributed by atoms with Crippen LogP contribution in [0, 0.1) is 27.7 Å². The molecule has 25 heavy (non-hydrogen) atoms. The van der Waals surface area contributed by atoms with Crippen molar-refractivity contribution >= 4 is 34.1 Å². The van der Waals surface area contributed by atoms with Crippen LogP contribution in [0.2, 0.25) is 0 Å². The van der Waals surface area contributed by atoms with Crippen LogP contribution < -0.4 is 5.32 Å². The molecule has 1 amide bonds. The molecule has 128 valence electrons. The summed E-state index contributed by atoms with van der Waals surface area (Å²) < 4.78 is 0. The van der Waals surface area contributed by atoms with Crippen LogP contribution in [0.5, 0.6) is 0 Å². The summed E-state index contributed by atoms with van der Waals surface area (Å²) in [6, 6.07) is 9.84. The number of anilines is 1. The second-order valence-electron chi connectivity index (χ2n) is 5.84. The molecule has 0 aliphatic carbocycles. The Hall–Kier alpha value is -2.18. The lowest BCUT2D eigenvalue weighted by Gasteiger charge is -2.09. The second kappa shape index (κ2) is 7.37. The summed E-state index contributed by atoms with van der Waals surface area (Å²) in [5.74, 6) is -0.186. The molecule has 2 aromatic heterocycles. The SMILES string of the molecule is Cc1ccc(Sc2ncccc2C(=O)Nc2nc(C)c(C)s2)c(C)c1. The Morgan fingerprint density at radius 1 is 1.16 bits per heavy atom. The molecule has 4 nitrogen and oxygen atoms in total. The third-order valence-electron chi connectivity index (χ3n) is 3.80. The van der Waals surface area contributed by atoms with E-state index in [-0.39, 0.29) is 5.91 Å². The summed E-state index contributed by atoms with van der Waals surface area (Å²) in [6.07, 6.45) is 1.71. The number of hydrogen-bond acceptors (Lipinski definition) is 5. The molecule has 1 N–H and O–H groups in total. The molecule has 3 aromatic rings. The van der Waals surface area contributed by atoms with Gasteiger partial charge in [0.15, 0.2) is 5.13 Å². The first-order chi connectivity index (χ1) is 11.9. The molecule has 0 bridgehead atoms. The Labute approximate surface area is 155 Å². The van der Waals surface area contributed by atoms with Crippen LogP contribution in [0.3, 0.4) is 0 Å². The Bertz CT molecular complexity index is 915. The van der Waals surface area contributed by atoms with Crippen LogP contribution in [0.4, 0.5) is 5.13 Å². The summed E-state index contributed by atoms with van der Waals surface area (Å²) in [4.78, 5) is 23.7. The molecule has 1 aromatic carbocycles. The maximum atomic E-state index is 12.7. The first-order valence-electron chi connectivity index (χ1n) is 7.89. The van der Waals surface area contributed by atoms with Crippen LogP contribution in [-0.2, 0) is 0 Å². The highest BCUT2D eigenvalue weighted by atomic mass is 32.2. The van der Waals surface area contributed by atoms with Crippen LogP contribution in [-0.4, -0.2) is 15.9 Å². The van der Waals surface area contributed by atoms with E-state index in [0.29, 0.717) is 15.7 Å². The smallest absolute Gasteiger partial charge is 0.260 e. The highest BCUT2D eigenvalue weighted by Crippen LogP contribution is 2.32. The molecular weight excluding hydrogens is 350 g/mol. The maximum Gasteiger partial charge on any atom is 0.260 e. The molecule has 6 heteroatoms. The lowest BCUT2D eigenvalue weighted by molar-refractivity contribution is 0.102. The summed E-state index contributed by atoms with van der Waals surface area (Å²) in [5, 5.41) is 4.19. The molecular formula is C19H19N3OS2. The van der Waals surface area contributed by atoms with Crippen LogP contribution >= 0.6 is 23.1 Å². The van der Waals surface area contributed by atoms with Gasteiger partial charge < -0.3 is 0 Å². The molecule has 0 saturated carbocycles. The van der Waals surface area contributed by atoms with Gasteiger partial charge in [-0.2, -0.15) is 0 Å². The van der Waals surface area contributed by atoms with Crippen molar-refractivity contribution in [2.75, 3.05) is 5.32 Å². The second-order valence-corrected chi connectivity index (χ2v) is 8.08. The van der Waals surface area contributed by atoms with E-state index in [2.05, 4.69) is 47.3 Å². The van der Waals surface area contributed by atoms with Gasteiger partial charge in [-0.05, 0) is 51.5 Å². The van der Waals surface area contributed by atoms with Crippen molar-refractivity contribution in [1.82, 2.24) is 9.97 Å². The molecule has 0 aliphatic heterocycles. The topological polar surface area (TPSA) is 54.9 Å². The average molecular weight is 370 g/mol. The lowest BCUT2D eigenvalue weighted by atomic mass is 10.2. The number of nitrogens with one attached hydrogen (secondary N) is 1. The number of amides is 1. The van der Waals surface area contributed by atoms with Gasteiger partial charge in [0, 0.05) is 16.0 Å². The minimum Gasteiger partial charge on any atom is -0.298 e. The van der Waals surface area contributed by atoms with Gasteiger partial charge in [-0.3, -0.25) is 10.1 Å². The van der Waals surface area contributed by atoms with Gasteiger partial charge in [0.1, 0.15) is 5.03 Å². The van der Waals surface area contributed by atoms with Crippen LogP contribution in [0.15, 0.2) is 46.5 Å². The normalized spacial score (nSPS) is 10.7. The van der Waals surface area contributed by atoms with E-state index >= 15 is 0 Å². The van der Waals surface area contributed by atoms with E-state index in [0.717, 1.165) is 15.5 Å². The minimum absolute atomic E-state index is 0.186. The number of aromatic nitrogens is 2. The van der Waals surface area contributed by atoms with Gasteiger partial charge in [0.2, 0.25) is 0 Å². The number of pyridine rings is 1. The van der Waals surface area contributed by atoms with E-state index in [1.54, 1.807) is 18.3 Å². The lowest BCUT2D eigenvalue weighted by Crippen LogP contribution is -2.13. The van der Waals surface area contributed by atoms with Crippen molar-refractivity contribution in [2.24, 2.45) is 0 Å². The Kier molecular flexibility index (Phi) is 5.20. The van der Waals surface area contributed by atoms with Gasteiger partial charge in [-0.1, -0.05) is 29.5 Å². The van der Waals surface area contributed by atoms with Gasteiger partial charge in [-0.15, -0.1) is 11.3 Å². The molecule has 0 aliphatic rings. The number of carbonyl (C=O) groups is 1. The number of hydrogen-bond donors (Lipinski definition) is 1. The van der Waals surface area contributed by atoms with E-state index in [1.807, 2.05) is 13.8 Å². The zero-order chi connectivity index (χ0) is 18.0. The van der Waals surface area contributed by atoms with Crippen molar-refractivity contribution in [2.45, 2.75) is 37.6 Å². The molecule has 0 radical (unpaired) electrons. The standard InChI is InChI=1S/C19H19N3OS2/c1-11-7-8-16(12(2)10-11)25-18-15(6-5-9-20-18)17(23)22-19-21-13(3)14(4)24-19/h5-10H,1-4H3,(H,21,22,23). The molecule has 0 saturated heterocycles. The summed E-state index contributed by atoms with van der Waals surface area (Å²) >= 11 is 2.99. The number of aryl methyl sites for hydroxylation is 4. The first kappa shape index (κ1) is 17.6. The molecule has 2 heterocycles. The zero-order valence-corrected chi connectivity index (χ0v) is 16.2.